The molecule has 1 saturated carbocycles. The van der Waals surface area contributed by atoms with Crippen LogP contribution in [0.3, 0.4) is 0 Å². The van der Waals surface area contributed by atoms with Crippen molar-refractivity contribution in [2.45, 2.75) is 57.5 Å². The van der Waals surface area contributed by atoms with E-state index in [1.165, 1.54) is 17.5 Å². The fraction of sp³-hybridized carbons (Fsp3) is 0.588. The molecule has 0 saturated heterocycles. The summed E-state index contributed by atoms with van der Waals surface area (Å²) in [5.41, 5.74) is 8.54. The summed E-state index contributed by atoms with van der Waals surface area (Å²) >= 11 is 0. The third-order valence-corrected chi connectivity index (χ3v) is 4.45. The zero-order chi connectivity index (χ0) is 14.6. The van der Waals surface area contributed by atoms with Crippen molar-refractivity contribution in [1.82, 2.24) is 4.90 Å². The first-order valence-corrected chi connectivity index (χ1v) is 7.57. The van der Waals surface area contributed by atoms with E-state index in [0.717, 1.165) is 25.7 Å². The zero-order valence-corrected chi connectivity index (χ0v) is 12.7. The normalized spacial score (nSPS) is 17.8. The largest absolute Gasteiger partial charge is 0.341 e. The average Bonchev–Trinajstić information content (AvgIpc) is 2.41. The van der Waals surface area contributed by atoms with Gasteiger partial charge in [0.25, 0.3) is 0 Å². The number of carbonyl (C=O) groups is 1. The molecular formula is C17H26N2O. The summed E-state index contributed by atoms with van der Waals surface area (Å²) < 4.78 is 0. The Kier molecular flexibility index (Phi) is 4.81. The number of hydrogen-bond acceptors (Lipinski definition) is 2. The van der Waals surface area contributed by atoms with Crippen LogP contribution in [-0.2, 0) is 11.3 Å². The summed E-state index contributed by atoms with van der Waals surface area (Å²) in [5.74, 6) is 0.164. The van der Waals surface area contributed by atoms with Crippen LogP contribution in [0, 0.1) is 6.92 Å². The van der Waals surface area contributed by atoms with Crippen molar-refractivity contribution in [3.63, 3.8) is 0 Å². The van der Waals surface area contributed by atoms with Gasteiger partial charge >= 0.3 is 0 Å². The van der Waals surface area contributed by atoms with E-state index in [1.54, 1.807) is 0 Å². The Hall–Kier alpha value is -1.35. The van der Waals surface area contributed by atoms with Gasteiger partial charge in [0.05, 0.1) is 0 Å². The van der Waals surface area contributed by atoms with Crippen molar-refractivity contribution in [1.29, 1.82) is 0 Å². The second kappa shape index (κ2) is 6.40. The summed E-state index contributed by atoms with van der Waals surface area (Å²) in [6.07, 6.45) is 6.02. The van der Waals surface area contributed by atoms with Crippen LogP contribution in [0.15, 0.2) is 24.3 Å². The summed E-state index contributed by atoms with van der Waals surface area (Å²) in [7, 11) is 1.88. The molecule has 0 atom stereocenters. The molecule has 2 rings (SSSR count). The highest BCUT2D eigenvalue weighted by molar-refractivity contribution is 5.77. The summed E-state index contributed by atoms with van der Waals surface area (Å²) in [6.45, 7) is 2.75. The van der Waals surface area contributed by atoms with Crippen molar-refractivity contribution in [3.05, 3.63) is 35.4 Å². The topological polar surface area (TPSA) is 46.3 Å². The van der Waals surface area contributed by atoms with Gasteiger partial charge in [0.1, 0.15) is 0 Å². The van der Waals surface area contributed by atoms with Crippen molar-refractivity contribution in [2.24, 2.45) is 5.73 Å². The summed E-state index contributed by atoms with van der Waals surface area (Å²) in [4.78, 5) is 14.2. The maximum absolute atomic E-state index is 12.4. The van der Waals surface area contributed by atoms with Gasteiger partial charge in [-0.05, 0) is 30.9 Å². The van der Waals surface area contributed by atoms with Crippen LogP contribution in [0.25, 0.3) is 0 Å². The molecule has 3 heteroatoms. The smallest absolute Gasteiger partial charge is 0.224 e. The van der Waals surface area contributed by atoms with Crippen LogP contribution < -0.4 is 5.73 Å². The highest BCUT2D eigenvalue weighted by Gasteiger charge is 2.31. The molecule has 1 aromatic rings. The highest BCUT2D eigenvalue weighted by Crippen LogP contribution is 2.29. The van der Waals surface area contributed by atoms with Crippen LogP contribution in [0.2, 0.25) is 0 Å². The van der Waals surface area contributed by atoms with Crippen LogP contribution in [-0.4, -0.2) is 23.4 Å². The van der Waals surface area contributed by atoms with E-state index in [4.69, 9.17) is 5.73 Å². The van der Waals surface area contributed by atoms with Gasteiger partial charge < -0.3 is 10.6 Å². The number of amides is 1. The lowest BCUT2D eigenvalue weighted by Gasteiger charge is -2.34. The molecule has 3 nitrogen and oxygen atoms in total. The summed E-state index contributed by atoms with van der Waals surface area (Å²) in [5, 5.41) is 0. The molecule has 1 fully saturated rings. The number of nitrogens with two attached hydrogens (primary N) is 1. The van der Waals surface area contributed by atoms with Crippen LogP contribution >= 0.6 is 0 Å². The van der Waals surface area contributed by atoms with Crippen molar-refractivity contribution in [3.8, 4) is 0 Å². The van der Waals surface area contributed by atoms with E-state index in [0.29, 0.717) is 13.0 Å². The van der Waals surface area contributed by atoms with Gasteiger partial charge in [-0.3, -0.25) is 4.79 Å². The van der Waals surface area contributed by atoms with E-state index < -0.39 is 0 Å². The van der Waals surface area contributed by atoms with Crippen molar-refractivity contribution < 1.29 is 4.79 Å². The number of rotatable bonds is 4. The molecule has 0 unspecified atom stereocenters. The van der Waals surface area contributed by atoms with Crippen LogP contribution in [0.4, 0.5) is 0 Å². The minimum atomic E-state index is -0.269. The molecule has 1 aromatic carbocycles. The molecule has 1 aliphatic carbocycles. The van der Waals surface area contributed by atoms with Crippen molar-refractivity contribution in [2.75, 3.05) is 7.05 Å². The fourth-order valence-electron chi connectivity index (χ4n) is 3.00. The number of carbonyl (C=O) groups excluding carboxylic acids is 1. The molecule has 0 heterocycles. The van der Waals surface area contributed by atoms with Crippen LogP contribution in [0.1, 0.15) is 49.7 Å². The Bertz CT molecular complexity index is 464. The third kappa shape index (κ3) is 3.83. The molecule has 20 heavy (non-hydrogen) atoms. The Morgan fingerprint density at radius 2 is 1.90 bits per heavy atom. The molecule has 0 aromatic heterocycles. The van der Waals surface area contributed by atoms with Gasteiger partial charge in [0.15, 0.2) is 0 Å². The van der Waals surface area contributed by atoms with Crippen molar-refractivity contribution >= 4 is 5.91 Å². The molecular weight excluding hydrogens is 248 g/mol. The van der Waals surface area contributed by atoms with E-state index in [2.05, 4.69) is 19.1 Å². The third-order valence-electron chi connectivity index (χ3n) is 4.45. The maximum atomic E-state index is 12.4. The standard InChI is InChI=1S/C17H26N2O/c1-14-8-4-5-9-15(14)13-19(2)16(20)12-17(18)10-6-3-7-11-17/h4-5,8-9H,3,6-7,10-13,18H2,1-2H3. The first kappa shape index (κ1) is 15.0. The second-order valence-electron chi connectivity index (χ2n) is 6.28. The predicted molar refractivity (Wildman–Crippen MR) is 82.3 cm³/mol. The second-order valence-corrected chi connectivity index (χ2v) is 6.28. The zero-order valence-electron chi connectivity index (χ0n) is 12.7. The molecule has 0 radical (unpaired) electrons. The minimum Gasteiger partial charge on any atom is -0.341 e. The average molecular weight is 274 g/mol. The van der Waals surface area contributed by atoms with Gasteiger partial charge in [-0.15, -0.1) is 0 Å². The van der Waals surface area contributed by atoms with Gasteiger partial charge in [-0.25, -0.2) is 0 Å². The van der Waals surface area contributed by atoms with E-state index >= 15 is 0 Å². The monoisotopic (exact) mass is 274 g/mol. The lowest BCUT2D eigenvalue weighted by Crippen LogP contribution is -2.46. The minimum absolute atomic E-state index is 0.164. The summed E-state index contributed by atoms with van der Waals surface area (Å²) in [6, 6.07) is 8.21. The molecule has 110 valence electrons. The van der Waals surface area contributed by atoms with Gasteiger partial charge in [0, 0.05) is 25.6 Å². The van der Waals surface area contributed by atoms with E-state index in [9.17, 15) is 4.79 Å². The Balaban J connectivity index is 1.93. The van der Waals surface area contributed by atoms with Gasteiger partial charge in [-0.2, -0.15) is 0 Å². The van der Waals surface area contributed by atoms with E-state index in [1.807, 2.05) is 24.1 Å². The van der Waals surface area contributed by atoms with Crippen LogP contribution in [0.5, 0.6) is 0 Å². The first-order chi connectivity index (χ1) is 9.50. The Labute approximate surface area is 122 Å². The van der Waals surface area contributed by atoms with Gasteiger partial charge in [-0.1, -0.05) is 43.5 Å². The predicted octanol–water partition coefficient (Wildman–Crippen LogP) is 3.01. The quantitative estimate of drug-likeness (QED) is 0.917. The highest BCUT2D eigenvalue weighted by atomic mass is 16.2. The molecule has 1 aliphatic rings. The molecule has 0 aliphatic heterocycles. The Morgan fingerprint density at radius 3 is 2.55 bits per heavy atom. The maximum Gasteiger partial charge on any atom is 0.224 e. The number of aryl methyl sites for hydroxylation is 1. The fourth-order valence-corrected chi connectivity index (χ4v) is 3.00. The number of hydrogen-bond donors (Lipinski definition) is 1. The molecule has 1 amide bonds. The molecule has 2 N–H and O–H groups in total. The first-order valence-electron chi connectivity index (χ1n) is 7.57. The SMILES string of the molecule is Cc1ccccc1CN(C)C(=O)CC1(N)CCCCC1. The molecule has 0 spiro atoms. The van der Waals surface area contributed by atoms with E-state index in [-0.39, 0.29) is 11.4 Å². The van der Waals surface area contributed by atoms with Gasteiger partial charge in [0.2, 0.25) is 5.91 Å². The number of nitrogens with zero attached hydrogens (tertiary/aromatic N) is 1. The molecule has 0 bridgehead atoms. The number of benzene rings is 1. The Morgan fingerprint density at radius 1 is 1.25 bits per heavy atom. The lowest BCUT2D eigenvalue weighted by atomic mass is 9.80. The lowest BCUT2D eigenvalue weighted by molar-refractivity contribution is -0.132.